The van der Waals surface area contributed by atoms with E-state index >= 15 is 0 Å². The summed E-state index contributed by atoms with van der Waals surface area (Å²) in [5.74, 6) is 1.77. The van der Waals surface area contributed by atoms with Crippen LogP contribution in [-0.2, 0) is 0 Å². The van der Waals surface area contributed by atoms with Crippen LogP contribution in [0.5, 0.6) is 5.75 Å². The Morgan fingerprint density at radius 2 is 2.09 bits per heavy atom. The van der Waals surface area contributed by atoms with Crippen molar-refractivity contribution >= 4 is 41.7 Å². The number of hydrogen-bond donors (Lipinski definition) is 2. The molecule has 23 heavy (non-hydrogen) atoms. The van der Waals surface area contributed by atoms with Crippen molar-refractivity contribution in [2.45, 2.75) is 43.6 Å². The number of halogens is 1. The Balaban J connectivity index is 0.00000264. The van der Waals surface area contributed by atoms with Crippen LogP contribution in [0, 0.1) is 0 Å². The van der Waals surface area contributed by atoms with E-state index in [9.17, 15) is 0 Å². The molecule has 1 aliphatic carbocycles. The average molecular weight is 449 g/mol. The summed E-state index contributed by atoms with van der Waals surface area (Å²) in [6.45, 7) is 2.79. The van der Waals surface area contributed by atoms with Crippen LogP contribution in [0.1, 0.15) is 26.2 Å². The fourth-order valence-electron chi connectivity index (χ4n) is 2.69. The first-order chi connectivity index (χ1) is 10.7. The summed E-state index contributed by atoms with van der Waals surface area (Å²) in [4.78, 5) is 4.31. The topological polar surface area (TPSA) is 45.7 Å². The Morgan fingerprint density at radius 1 is 1.35 bits per heavy atom. The Hall–Kier alpha value is -0.630. The smallest absolute Gasteiger partial charge is 0.191 e. The van der Waals surface area contributed by atoms with Gasteiger partial charge in [-0.3, -0.25) is 4.99 Å². The molecule has 1 aromatic rings. The Labute approximate surface area is 161 Å². The fraction of sp³-hybridized carbons (Fsp3) is 0.588. The van der Waals surface area contributed by atoms with Crippen LogP contribution >= 0.6 is 35.7 Å². The molecular formula is C17H28IN3OS. The Kier molecular flexibility index (Phi) is 9.78. The lowest BCUT2D eigenvalue weighted by Crippen LogP contribution is -2.45. The molecule has 0 aromatic heterocycles. The molecule has 3 atom stereocenters. The van der Waals surface area contributed by atoms with Crippen molar-refractivity contribution in [1.29, 1.82) is 0 Å². The highest BCUT2D eigenvalue weighted by atomic mass is 127. The molecule has 0 heterocycles. The maximum absolute atomic E-state index is 5.87. The molecule has 1 aliphatic rings. The molecule has 2 N–H and O–H groups in total. The van der Waals surface area contributed by atoms with Crippen molar-refractivity contribution in [3.63, 3.8) is 0 Å². The predicted octanol–water partition coefficient (Wildman–Crippen LogP) is 3.52. The summed E-state index contributed by atoms with van der Waals surface area (Å²) < 4.78 is 5.87. The average Bonchev–Trinajstić information content (AvgIpc) is 3.00. The van der Waals surface area contributed by atoms with Gasteiger partial charge in [0.25, 0.3) is 0 Å². The normalized spacial score (nSPS) is 22.1. The SMILES string of the molecule is CN=C(NCC(C)Oc1ccccc1)NC1CCC(SC)C1.I. The van der Waals surface area contributed by atoms with Gasteiger partial charge in [-0.05, 0) is 44.6 Å². The Bertz CT molecular complexity index is 472. The lowest BCUT2D eigenvalue weighted by atomic mass is 10.2. The number of thioether (sulfide) groups is 1. The van der Waals surface area contributed by atoms with Gasteiger partial charge in [-0.1, -0.05) is 18.2 Å². The van der Waals surface area contributed by atoms with E-state index in [1.165, 1.54) is 19.3 Å². The minimum Gasteiger partial charge on any atom is -0.489 e. The summed E-state index contributed by atoms with van der Waals surface area (Å²) >= 11 is 1.97. The quantitative estimate of drug-likeness (QED) is 0.397. The van der Waals surface area contributed by atoms with Crippen LogP contribution in [0.4, 0.5) is 0 Å². The molecule has 4 nitrogen and oxygen atoms in total. The monoisotopic (exact) mass is 449 g/mol. The molecule has 0 aliphatic heterocycles. The highest BCUT2D eigenvalue weighted by Crippen LogP contribution is 2.27. The minimum absolute atomic E-state index is 0. The predicted molar refractivity (Wildman–Crippen MR) is 111 cm³/mol. The lowest BCUT2D eigenvalue weighted by Gasteiger charge is -2.20. The molecule has 0 radical (unpaired) electrons. The standard InChI is InChI=1S/C17H27N3OS.HI/c1-13(21-15-7-5-4-6-8-15)12-19-17(18-2)20-14-9-10-16(11-14)22-3;/h4-8,13-14,16H,9-12H2,1-3H3,(H2,18,19,20);1H. The molecule has 130 valence electrons. The maximum atomic E-state index is 5.87. The summed E-state index contributed by atoms with van der Waals surface area (Å²) in [5, 5.41) is 7.66. The van der Waals surface area contributed by atoms with Gasteiger partial charge in [0.15, 0.2) is 5.96 Å². The third kappa shape index (κ3) is 7.20. The second-order valence-corrected chi connectivity index (χ2v) is 6.84. The van der Waals surface area contributed by atoms with Crippen molar-refractivity contribution < 1.29 is 4.74 Å². The molecule has 0 bridgehead atoms. The number of rotatable bonds is 6. The molecule has 0 spiro atoms. The van der Waals surface area contributed by atoms with E-state index in [-0.39, 0.29) is 30.1 Å². The zero-order chi connectivity index (χ0) is 15.8. The minimum atomic E-state index is 0. The Morgan fingerprint density at radius 3 is 2.70 bits per heavy atom. The van der Waals surface area contributed by atoms with E-state index in [4.69, 9.17) is 4.74 Å². The van der Waals surface area contributed by atoms with Gasteiger partial charge < -0.3 is 15.4 Å². The van der Waals surface area contributed by atoms with Crippen LogP contribution < -0.4 is 15.4 Å². The van der Waals surface area contributed by atoms with E-state index < -0.39 is 0 Å². The molecule has 1 fully saturated rings. The molecular weight excluding hydrogens is 421 g/mol. The molecule has 0 saturated heterocycles. The molecule has 1 saturated carbocycles. The number of guanidine groups is 1. The van der Waals surface area contributed by atoms with Crippen LogP contribution in [0.2, 0.25) is 0 Å². The second kappa shape index (κ2) is 11.0. The van der Waals surface area contributed by atoms with Gasteiger partial charge in [0.05, 0.1) is 6.54 Å². The number of benzene rings is 1. The number of para-hydroxylation sites is 1. The molecule has 2 rings (SSSR count). The number of hydrogen-bond acceptors (Lipinski definition) is 3. The number of nitrogens with zero attached hydrogens (tertiary/aromatic N) is 1. The van der Waals surface area contributed by atoms with Gasteiger partial charge in [-0.15, -0.1) is 24.0 Å². The van der Waals surface area contributed by atoms with E-state index in [1.807, 2.05) is 49.1 Å². The zero-order valence-corrected chi connectivity index (χ0v) is 17.3. The van der Waals surface area contributed by atoms with E-state index in [1.54, 1.807) is 0 Å². The van der Waals surface area contributed by atoms with Crippen molar-refractivity contribution in [3.05, 3.63) is 30.3 Å². The van der Waals surface area contributed by atoms with Crippen molar-refractivity contribution in [3.8, 4) is 5.75 Å². The summed E-state index contributed by atoms with van der Waals surface area (Å²) in [6.07, 6.45) is 6.02. The van der Waals surface area contributed by atoms with Gasteiger partial charge >= 0.3 is 0 Å². The van der Waals surface area contributed by atoms with Crippen molar-refractivity contribution in [1.82, 2.24) is 10.6 Å². The summed E-state index contributed by atoms with van der Waals surface area (Å²) in [7, 11) is 1.82. The third-order valence-electron chi connectivity index (χ3n) is 3.92. The van der Waals surface area contributed by atoms with Gasteiger partial charge in [0.1, 0.15) is 11.9 Å². The maximum Gasteiger partial charge on any atom is 0.191 e. The highest BCUT2D eigenvalue weighted by molar-refractivity contribution is 14.0. The largest absolute Gasteiger partial charge is 0.489 e. The first kappa shape index (κ1) is 20.4. The van der Waals surface area contributed by atoms with Crippen LogP contribution in [0.3, 0.4) is 0 Å². The van der Waals surface area contributed by atoms with Gasteiger partial charge in [-0.25, -0.2) is 0 Å². The third-order valence-corrected chi connectivity index (χ3v) is 5.01. The summed E-state index contributed by atoms with van der Waals surface area (Å²) in [5.41, 5.74) is 0. The molecule has 1 aromatic carbocycles. The summed E-state index contributed by atoms with van der Waals surface area (Å²) in [6, 6.07) is 10.4. The van der Waals surface area contributed by atoms with Crippen LogP contribution in [0.15, 0.2) is 35.3 Å². The highest BCUT2D eigenvalue weighted by Gasteiger charge is 2.24. The van der Waals surface area contributed by atoms with Crippen molar-refractivity contribution in [2.24, 2.45) is 4.99 Å². The second-order valence-electron chi connectivity index (χ2n) is 5.71. The zero-order valence-electron chi connectivity index (χ0n) is 14.1. The van der Waals surface area contributed by atoms with E-state index in [0.29, 0.717) is 6.04 Å². The van der Waals surface area contributed by atoms with Gasteiger partial charge in [0, 0.05) is 18.3 Å². The molecule has 0 amide bonds. The van der Waals surface area contributed by atoms with Gasteiger partial charge in [0.2, 0.25) is 0 Å². The van der Waals surface area contributed by atoms with Crippen LogP contribution in [0.25, 0.3) is 0 Å². The van der Waals surface area contributed by atoms with Gasteiger partial charge in [-0.2, -0.15) is 11.8 Å². The van der Waals surface area contributed by atoms with Crippen molar-refractivity contribution in [2.75, 3.05) is 19.8 Å². The fourth-order valence-corrected chi connectivity index (χ4v) is 3.48. The number of nitrogens with one attached hydrogen (secondary N) is 2. The van der Waals surface area contributed by atoms with Crippen LogP contribution in [-0.4, -0.2) is 43.2 Å². The lowest BCUT2D eigenvalue weighted by molar-refractivity contribution is 0.223. The van der Waals surface area contributed by atoms with E-state index in [2.05, 4.69) is 28.8 Å². The van der Waals surface area contributed by atoms with E-state index in [0.717, 1.165) is 23.5 Å². The number of ether oxygens (including phenoxy) is 1. The first-order valence-electron chi connectivity index (χ1n) is 7.93. The number of aliphatic imine (C=N–C) groups is 1. The molecule has 3 unspecified atom stereocenters. The molecule has 6 heteroatoms. The first-order valence-corrected chi connectivity index (χ1v) is 9.21.